The number of aliphatic carboxylic acids is 1. The average molecular weight is 348 g/mol. The van der Waals surface area contributed by atoms with E-state index in [-0.39, 0.29) is 0 Å². The molecule has 4 heteroatoms. The van der Waals surface area contributed by atoms with Gasteiger partial charge in [0.1, 0.15) is 5.54 Å². The number of halogens is 1. The summed E-state index contributed by atoms with van der Waals surface area (Å²) in [5.41, 5.74) is 1.87. The number of anilines is 1. The topological polar surface area (TPSA) is 49.3 Å². The van der Waals surface area contributed by atoms with Crippen LogP contribution in [-0.2, 0) is 11.2 Å². The smallest absolute Gasteiger partial charge is 0.329 e. The highest BCUT2D eigenvalue weighted by molar-refractivity contribution is 9.10. The standard InChI is InChI=1S/C17H18BrNO2/c1-12-3-9-15(10-4-12)19-17(2,16(20)21)11-13-5-7-14(18)8-6-13/h3-10,19H,11H2,1-2H3,(H,20,21). The Balaban J connectivity index is 2.21. The summed E-state index contributed by atoms with van der Waals surface area (Å²) in [6, 6.07) is 15.4. The Hall–Kier alpha value is -1.81. The predicted octanol–water partition coefficient (Wildman–Crippen LogP) is 4.26. The molecule has 0 fully saturated rings. The van der Waals surface area contributed by atoms with E-state index >= 15 is 0 Å². The van der Waals surface area contributed by atoms with Gasteiger partial charge in [-0.3, -0.25) is 0 Å². The number of hydrogen-bond acceptors (Lipinski definition) is 2. The van der Waals surface area contributed by atoms with Crippen LogP contribution in [0.2, 0.25) is 0 Å². The molecule has 0 aliphatic rings. The Kier molecular flexibility index (Phi) is 4.68. The lowest BCUT2D eigenvalue weighted by molar-refractivity contribution is -0.141. The minimum Gasteiger partial charge on any atom is -0.480 e. The number of aryl methyl sites for hydroxylation is 1. The molecule has 0 spiro atoms. The third kappa shape index (κ3) is 4.08. The van der Waals surface area contributed by atoms with Crippen LogP contribution in [0.3, 0.4) is 0 Å². The van der Waals surface area contributed by atoms with E-state index in [0.717, 1.165) is 21.3 Å². The summed E-state index contributed by atoms with van der Waals surface area (Å²) in [4.78, 5) is 11.7. The van der Waals surface area contributed by atoms with Gasteiger partial charge in [-0.25, -0.2) is 4.79 Å². The molecule has 1 unspecified atom stereocenters. The number of carbonyl (C=O) groups is 1. The van der Waals surface area contributed by atoms with Crippen LogP contribution in [-0.4, -0.2) is 16.6 Å². The lowest BCUT2D eigenvalue weighted by Crippen LogP contribution is -2.45. The Morgan fingerprint density at radius 1 is 1.14 bits per heavy atom. The molecular formula is C17H18BrNO2. The number of carboxylic acid groups (broad SMARTS) is 1. The van der Waals surface area contributed by atoms with Gasteiger partial charge in [0.2, 0.25) is 0 Å². The molecule has 2 aromatic rings. The zero-order valence-electron chi connectivity index (χ0n) is 12.1. The van der Waals surface area contributed by atoms with Crippen molar-refractivity contribution in [2.75, 3.05) is 5.32 Å². The third-order valence-electron chi connectivity index (χ3n) is 3.41. The van der Waals surface area contributed by atoms with Gasteiger partial charge in [0.15, 0.2) is 0 Å². The van der Waals surface area contributed by atoms with Crippen molar-refractivity contribution in [1.29, 1.82) is 0 Å². The summed E-state index contributed by atoms with van der Waals surface area (Å²) in [7, 11) is 0. The molecule has 2 N–H and O–H groups in total. The lowest BCUT2D eigenvalue weighted by Gasteiger charge is -2.27. The third-order valence-corrected chi connectivity index (χ3v) is 3.94. The van der Waals surface area contributed by atoms with Crippen LogP contribution in [0.25, 0.3) is 0 Å². The predicted molar refractivity (Wildman–Crippen MR) is 88.7 cm³/mol. The van der Waals surface area contributed by atoms with Crippen molar-refractivity contribution in [3.8, 4) is 0 Å². The molecule has 0 aromatic heterocycles. The monoisotopic (exact) mass is 347 g/mol. The van der Waals surface area contributed by atoms with Gasteiger partial charge in [0.05, 0.1) is 0 Å². The second-order valence-corrected chi connectivity index (χ2v) is 6.35. The van der Waals surface area contributed by atoms with Crippen LogP contribution in [0.1, 0.15) is 18.1 Å². The summed E-state index contributed by atoms with van der Waals surface area (Å²) in [5.74, 6) is -0.869. The first-order valence-corrected chi connectivity index (χ1v) is 7.51. The normalized spacial score (nSPS) is 13.5. The first kappa shape index (κ1) is 15.6. The molecule has 0 saturated carbocycles. The summed E-state index contributed by atoms with van der Waals surface area (Å²) < 4.78 is 0.981. The van der Waals surface area contributed by atoms with Crippen molar-refractivity contribution in [2.24, 2.45) is 0 Å². The van der Waals surface area contributed by atoms with E-state index in [4.69, 9.17) is 0 Å². The number of carboxylic acids is 1. The van der Waals surface area contributed by atoms with Gasteiger partial charge in [-0.05, 0) is 43.7 Å². The van der Waals surface area contributed by atoms with Crippen molar-refractivity contribution in [3.63, 3.8) is 0 Å². The van der Waals surface area contributed by atoms with Gasteiger partial charge < -0.3 is 10.4 Å². The van der Waals surface area contributed by atoms with Gasteiger partial charge >= 0.3 is 5.97 Å². The SMILES string of the molecule is Cc1ccc(NC(C)(Cc2ccc(Br)cc2)C(=O)O)cc1. The summed E-state index contributed by atoms with van der Waals surface area (Å²) in [5, 5.41) is 12.7. The number of nitrogens with one attached hydrogen (secondary N) is 1. The molecule has 0 heterocycles. The number of hydrogen-bond donors (Lipinski definition) is 2. The van der Waals surface area contributed by atoms with Gasteiger partial charge in [0, 0.05) is 16.6 Å². The number of benzene rings is 2. The second-order valence-electron chi connectivity index (χ2n) is 5.43. The van der Waals surface area contributed by atoms with Gasteiger partial charge in [0.25, 0.3) is 0 Å². The molecular weight excluding hydrogens is 330 g/mol. The molecule has 110 valence electrons. The molecule has 0 aliphatic carbocycles. The molecule has 2 aromatic carbocycles. The summed E-state index contributed by atoms with van der Waals surface area (Å²) in [6.45, 7) is 3.71. The zero-order valence-corrected chi connectivity index (χ0v) is 13.6. The van der Waals surface area contributed by atoms with Crippen molar-refractivity contribution in [2.45, 2.75) is 25.8 Å². The molecule has 2 rings (SSSR count). The van der Waals surface area contributed by atoms with Crippen molar-refractivity contribution < 1.29 is 9.90 Å². The first-order valence-electron chi connectivity index (χ1n) is 6.72. The first-order chi connectivity index (χ1) is 9.89. The van der Waals surface area contributed by atoms with E-state index in [2.05, 4.69) is 21.2 Å². The maximum absolute atomic E-state index is 11.7. The van der Waals surface area contributed by atoms with E-state index in [0.29, 0.717) is 6.42 Å². The Labute approximate surface area is 133 Å². The van der Waals surface area contributed by atoms with Crippen LogP contribution in [0.15, 0.2) is 53.0 Å². The Bertz CT molecular complexity index is 573. The highest BCUT2D eigenvalue weighted by Crippen LogP contribution is 2.22. The fourth-order valence-corrected chi connectivity index (χ4v) is 2.40. The number of rotatable bonds is 5. The van der Waals surface area contributed by atoms with Gasteiger partial charge in [-0.2, -0.15) is 0 Å². The van der Waals surface area contributed by atoms with Crippen LogP contribution in [0.5, 0.6) is 0 Å². The molecule has 0 saturated heterocycles. The Morgan fingerprint density at radius 3 is 2.24 bits per heavy atom. The molecule has 3 nitrogen and oxygen atoms in total. The van der Waals surface area contributed by atoms with E-state index in [9.17, 15) is 9.90 Å². The molecule has 0 radical (unpaired) electrons. The maximum Gasteiger partial charge on any atom is 0.329 e. The Morgan fingerprint density at radius 2 is 1.71 bits per heavy atom. The van der Waals surface area contributed by atoms with Crippen molar-refractivity contribution >= 4 is 27.6 Å². The van der Waals surface area contributed by atoms with E-state index < -0.39 is 11.5 Å². The van der Waals surface area contributed by atoms with Gasteiger partial charge in [-0.1, -0.05) is 45.8 Å². The fourth-order valence-electron chi connectivity index (χ4n) is 2.14. The minimum atomic E-state index is -1.05. The van der Waals surface area contributed by atoms with Gasteiger partial charge in [-0.15, -0.1) is 0 Å². The molecule has 21 heavy (non-hydrogen) atoms. The lowest BCUT2D eigenvalue weighted by atomic mass is 9.92. The molecule has 1 atom stereocenters. The summed E-state index contributed by atoms with van der Waals surface area (Å²) in [6.07, 6.45) is 0.406. The fraction of sp³-hybridized carbons (Fsp3) is 0.235. The van der Waals surface area contributed by atoms with Crippen molar-refractivity contribution in [3.05, 3.63) is 64.1 Å². The largest absolute Gasteiger partial charge is 0.480 e. The van der Waals surface area contributed by atoms with Crippen molar-refractivity contribution in [1.82, 2.24) is 0 Å². The van der Waals surface area contributed by atoms with E-state index in [1.165, 1.54) is 0 Å². The van der Waals surface area contributed by atoms with Crippen LogP contribution in [0.4, 0.5) is 5.69 Å². The highest BCUT2D eigenvalue weighted by Gasteiger charge is 2.33. The second kappa shape index (κ2) is 6.31. The van der Waals surface area contributed by atoms with E-state index in [1.807, 2.05) is 55.5 Å². The highest BCUT2D eigenvalue weighted by atomic mass is 79.9. The molecule has 0 amide bonds. The maximum atomic E-state index is 11.7. The van der Waals surface area contributed by atoms with E-state index in [1.54, 1.807) is 6.92 Å². The summed E-state index contributed by atoms with van der Waals surface area (Å²) >= 11 is 3.38. The quantitative estimate of drug-likeness (QED) is 0.849. The molecule has 0 aliphatic heterocycles. The van der Waals surface area contributed by atoms with Crippen LogP contribution < -0.4 is 5.32 Å². The average Bonchev–Trinajstić information content (AvgIpc) is 2.44. The minimum absolute atomic E-state index is 0.406. The zero-order chi connectivity index (χ0) is 15.5. The van der Waals surface area contributed by atoms with Crippen LogP contribution in [0, 0.1) is 6.92 Å². The van der Waals surface area contributed by atoms with Crippen LogP contribution >= 0.6 is 15.9 Å². The molecule has 0 bridgehead atoms.